The summed E-state index contributed by atoms with van der Waals surface area (Å²) in [4.78, 5) is 22.0. The van der Waals surface area contributed by atoms with Gasteiger partial charge >= 0.3 is 5.97 Å². The predicted molar refractivity (Wildman–Crippen MR) is 62.5 cm³/mol. The average molecular weight is 231 g/mol. The van der Waals surface area contributed by atoms with Crippen LogP contribution >= 0.6 is 0 Å². The molecule has 17 heavy (non-hydrogen) atoms. The number of hydrogen-bond acceptors (Lipinski definition) is 3. The van der Waals surface area contributed by atoms with Gasteiger partial charge < -0.3 is 10.1 Å². The molecule has 0 atom stereocenters. The van der Waals surface area contributed by atoms with Gasteiger partial charge in [0.15, 0.2) is 0 Å². The van der Waals surface area contributed by atoms with Gasteiger partial charge in [-0.2, -0.15) is 0 Å². The highest BCUT2D eigenvalue weighted by Gasteiger charge is 2.10. The second-order valence-electron chi connectivity index (χ2n) is 3.78. The number of aromatic amines is 1. The Labute approximate surface area is 98.6 Å². The fraction of sp³-hybridized carbons (Fsp3) is 0.250. The summed E-state index contributed by atoms with van der Waals surface area (Å²) in [6.07, 6.45) is 5.88. The first-order chi connectivity index (χ1) is 8.16. The number of hydrogen-bond donors (Lipinski definition) is 2. The van der Waals surface area contributed by atoms with Crippen molar-refractivity contribution >= 4 is 5.97 Å². The van der Waals surface area contributed by atoms with Gasteiger partial charge in [0.25, 0.3) is 0 Å². The summed E-state index contributed by atoms with van der Waals surface area (Å²) >= 11 is 0. The number of rotatable bonds is 4. The van der Waals surface area contributed by atoms with Gasteiger partial charge in [0.1, 0.15) is 5.82 Å². The molecule has 0 unspecified atom stereocenters. The third kappa shape index (κ3) is 2.69. The van der Waals surface area contributed by atoms with Gasteiger partial charge in [0, 0.05) is 30.6 Å². The maximum atomic E-state index is 10.6. The van der Waals surface area contributed by atoms with Crippen LogP contribution in [0, 0.1) is 6.92 Å². The molecule has 2 aromatic heterocycles. The Morgan fingerprint density at radius 1 is 1.53 bits per heavy atom. The second kappa shape index (κ2) is 4.78. The van der Waals surface area contributed by atoms with Crippen molar-refractivity contribution in [3.05, 3.63) is 36.0 Å². The largest absolute Gasteiger partial charge is 0.481 e. The van der Waals surface area contributed by atoms with Gasteiger partial charge in [0.05, 0.1) is 5.69 Å². The van der Waals surface area contributed by atoms with Gasteiger partial charge in [0.2, 0.25) is 0 Å². The standard InChI is InChI=1S/C12H13N3O2/c1-8-14-7-9(2-3-11(16)17)12(15-8)10-4-5-13-6-10/h4-7,13H,2-3H2,1H3,(H,16,17). The Morgan fingerprint density at radius 3 is 3.00 bits per heavy atom. The summed E-state index contributed by atoms with van der Waals surface area (Å²) < 4.78 is 0. The molecule has 0 aromatic carbocycles. The third-order valence-corrected chi connectivity index (χ3v) is 2.46. The van der Waals surface area contributed by atoms with E-state index in [1.54, 1.807) is 6.20 Å². The van der Waals surface area contributed by atoms with Crippen molar-refractivity contribution in [3.63, 3.8) is 0 Å². The lowest BCUT2D eigenvalue weighted by Crippen LogP contribution is -2.02. The summed E-state index contributed by atoms with van der Waals surface area (Å²) in [5, 5.41) is 8.70. The summed E-state index contributed by atoms with van der Waals surface area (Å²) in [6, 6.07) is 1.91. The minimum Gasteiger partial charge on any atom is -0.481 e. The first kappa shape index (κ1) is 11.3. The van der Waals surface area contributed by atoms with Gasteiger partial charge in [-0.15, -0.1) is 0 Å². The van der Waals surface area contributed by atoms with Crippen LogP contribution in [0.4, 0.5) is 0 Å². The number of nitrogens with one attached hydrogen (secondary N) is 1. The number of carbonyl (C=O) groups is 1. The molecule has 88 valence electrons. The number of carboxylic acids is 1. The highest BCUT2D eigenvalue weighted by Crippen LogP contribution is 2.21. The number of carboxylic acid groups (broad SMARTS) is 1. The lowest BCUT2D eigenvalue weighted by molar-refractivity contribution is -0.136. The van der Waals surface area contributed by atoms with E-state index in [0.717, 1.165) is 16.8 Å². The zero-order valence-electron chi connectivity index (χ0n) is 9.47. The van der Waals surface area contributed by atoms with Crippen LogP contribution < -0.4 is 0 Å². The average Bonchev–Trinajstić information content (AvgIpc) is 2.80. The molecule has 5 heteroatoms. The topological polar surface area (TPSA) is 78.9 Å². The summed E-state index contributed by atoms with van der Waals surface area (Å²) in [7, 11) is 0. The van der Waals surface area contributed by atoms with Crippen molar-refractivity contribution in [2.45, 2.75) is 19.8 Å². The SMILES string of the molecule is Cc1ncc(CCC(=O)O)c(-c2cc[nH]c2)n1. The normalized spacial score (nSPS) is 10.4. The molecular formula is C12H13N3O2. The number of aryl methyl sites for hydroxylation is 2. The van der Waals surface area contributed by atoms with E-state index in [1.165, 1.54) is 0 Å². The molecule has 2 heterocycles. The van der Waals surface area contributed by atoms with Crippen LogP contribution in [0.1, 0.15) is 17.8 Å². The maximum absolute atomic E-state index is 10.6. The summed E-state index contributed by atoms with van der Waals surface area (Å²) in [5.74, 6) is -0.133. The highest BCUT2D eigenvalue weighted by molar-refractivity contribution is 5.68. The fourth-order valence-electron chi connectivity index (χ4n) is 1.64. The molecule has 0 amide bonds. The van der Waals surface area contributed by atoms with Gasteiger partial charge in [-0.05, 0) is 25.0 Å². The van der Waals surface area contributed by atoms with Gasteiger partial charge in [-0.25, -0.2) is 9.97 Å². The maximum Gasteiger partial charge on any atom is 0.303 e. The summed E-state index contributed by atoms with van der Waals surface area (Å²) in [6.45, 7) is 1.82. The Morgan fingerprint density at radius 2 is 2.35 bits per heavy atom. The number of aromatic nitrogens is 3. The first-order valence-corrected chi connectivity index (χ1v) is 5.34. The number of aliphatic carboxylic acids is 1. The van der Waals surface area contributed by atoms with Crippen LogP contribution in [0.15, 0.2) is 24.7 Å². The van der Waals surface area contributed by atoms with Crippen LogP contribution in [0.25, 0.3) is 11.3 Å². The smallest absolute Gasteiger partial charge is 0.303 e. The molecule has 2 N–H and O–H groups in total. The van der Waals surface area contributed by atoms with Crippen molar-refractivity contribution in [2.24, 2.45) is 0 Å². The fourth-order valence-corrected chi connectivity index (χ4v) is 1.64. The first-order valence-electron chi connectivity index (χ1n) is 5.34. The van der Waals surface area contributed by atoms with E-state index >= 15 is 0 Å². The predicted octanol–water partition coefficient (Wildman–Crippen LogP) is 1.80. The lowest BCUT2D eigenvalue weighted by atomic mass is 10.1. The molecule has 0 radical (unpaired) electrons. The number of nitrogens with zero attached hydrogens (tertiary/aromatic N) is 2. The van der Waals surface area contributed by atoms with Crippen molar-refractivity contribution in [2.75, 3.05) is 0 Å². The van der Waals surface area contributed by atoms with E-state index in [9.17, 15) is 4.79 Å². The van der Waals surface area contributed by atoms with E-state index < -0.39 is 5.97 Å². The number of H-pyrrole nitrogens is 1. The Hall–Kier alpha value is -2.17. The molecule has 0 spiro atoms. The van der Waals surface area contributed by atoms with E-state index in [0.29, 0.717) is 12.2 Å². The van der Waals surface area contributed by atoms with Crippen LogP contribution in [0.2, 0.25) is 0 Å². The zero-order chi connectivity index (χ0) is 12.3. The van der Waals surface area contributed by atoms with Crippen molar-refractivity contribution in [3.8, 4) is 11.3 Å². The minimum absolute atomic E-state index is 0.0871. The Bertz CT molecular complexity index is 521. The van der Waals surface area contributed by atoms with Crippen molar-refractivity contribution in [1.82, 2.24) is 15.0 Å². The third-order valence-electron chi connectivity index (χ3n) is 2.46. The van der Waals surface area contributed by atoms with E-state index in [1.807, 2.05) is 25.4 Å². The van der Waals surface area contributed by atoms with E-state index in [2.05, 4.69) is 15.0 Å². The van der Waals surface area contributed by atoms with Crippen molar-refractivity contribution in [1.29, 1.82) is 0 Å². The molecule has 5 nitrogen and oxygen atoms in total. The summed E-state index contributed by atoms with van der Waals surface area (Å²) in [5.41, 5.74) is 2.62. The molecule has 2 aromatic rings. The van der Waals surface area contributed by atoms with Gasteiger partial charge in [-0.1, -0.05) is 0 Å². The molecule has 0 aliphatic rings. The molecule has 0 saturated heterocycles. The molecule has 0 bridgehead atoms. The monoisotopic (exact) mass is 231 g/mol. The molecule has 0 aliphatic carbocycles. The van der Waals surface area contributed by atoms with Crippen LogP contribution in [-0.2, 0) is 11.2 Å². The Kier molecular flexibility index (Phi) is 3.18. The molecule has 0 saturated carbocycles. The van der Waals surface area contributed by atoms with Gasteiger partial charge in [-0.3, -0.25) is 4.79 Å². The quantitative estimate of drug-likeness (QED) is 0.840. The molecular weight excluding hydrogens is 218 g/mol. The van der Waals surface area contributed by atoms with Crippen molar-refractivity contribution < 1.29 is 9.90 Å². The highest BCUT2D eigenvalue weighted by atomic mass is 16.4. The van der Waals surface area contributed by atoms with E-state index in [4.69, 9.17) is 5.11 Å². The molecule has 0 aliphatic heterocycles. The minimum atomic E-state index is -0.814. The van der Waals surface area contributed by atoms with Crippen LogP contribution in [0.5, 0.6) is 0 Å². The Balaban J connectivity index is 2.34. The molecule has 0 fully saturated rings. The molecule has 2 rings (SSSR count). The lowest BCUT2D eigenvalue weighted by Gasteiger charge is -2.06. The van der Waals surface area contributed by atoms with Crippen LogP contribution in [-0.4, -0.2) is 26.0 Å². The van der Waals surface area contributed by atoms with Crippen LogP contribution in [0.3, 0.4) is 0 Å². The second-order valence-corrected chi connectivity index (χ2v) is 3.78. The van der Waals surface area contributed by atoms with E-state index in [-0.39, 0.29) is 6.42 Å². The zero-order valence-corrected chi connectivity index (χ0v) is 9.47.